The fraction of sp³-hybridized carbons (Fsp3) is 0. The van der Waals surface area contributed by atoms with Crippen molar-refractivity contribution in [2.75, 3.05) is 0 Å². The lowest BCUT2D eigenvalue weighted by Crippen LogP contribution is -1.96. The molecule has 24 heavy (non-hydrogen) atoms. The van der Waals surface area contributed by atoms with Crippen molar-refractivity contribution in [3.63, 3.8) is 0 Å². The molecule has 0 unspecified atom stereocenters. The Bertz CT molecular complexity index is 1100. The molecule has 0 atom stereocenters. The number of rotatable bonds is 2. The molecule has 0 radical (unpaired) electrons. The van der Waals surface area contributed by atoms with Crippen molar-refractivity contribution in [2.45, 2.75) is 0 Å². The maximum Gasteiger partial charge on any atom is 0.164 e. The van der Waals surface area contributed by atoms with Gasteiger partial charge in [-0.2, -0.15) is 0 Å². The van der Waals surface area contributed by atoms with E-state index in [0.29, 0.717) is 0 Å². The van der Waals surface area contributed by atoms with Gasteiger partial charge in [-0.15, -0.1) is 5.10 Å². The Balaban J connectivity index is 1.79. The van der Waals surface area contributed by atoms with Gasteiger partial charge < -0.3 is 0 Å². The van der Waals surface area contributed by atoms with E-state index in [4.69, 9.17) is 0 Å². The van der Waals surface area contributed by atoms with Crippen LogP contribution in [0.3, 0.4) is 0 Å². The number of hydrogen-bond donors (Lipinski definition) is 0. The Morgan fingerprint density at radius 1 is 0.833 bits per heavy atom. The topological polar surface area (TPSA) is 48.0 Å². The van der Waals surface area contributed by atoms with Crippen molar-refractivity contribution in [3.8, 4) is 16.9 Å². The molecule has 3 heterocycles. The quantitative estimate of drug-likeness (QED) is 0.499. The SMILES string of the molecule is c1ccc(-c2cn(-c3c4ccccc4n4cccnc34)nn2)cc1. The molecule has 0 N–H and O–H groups in total. The second kappa shape index (κ2) is 5.03. The molecule has 3 aromatic heterocycles. The van der Waals surface area contributed by atoms with Gasteiger partial charge in [0.15, 0.2) is 5.65 Å². The summed E-state index contributed by atoms with van der Waals surface area (Å²) >= 11 is 0. The third kappa shape index (κ3) is 1.85. The highest BCUT2D eigenvalue weighted by molar-refractivity contribution is 5.97. The van der Waals surface area contributed by atoms with E-state index in [1.54, 1.807) is 6.20 Å². The first kappa shape index (κ1) is 13.0. The molecule has 5 rings (SSSR count). The van der Waals surface area contributed by atoms with Crippen molar-refractivity contribution in [1.29, 1.82) is 0 Å². The smallest absolute Gasteiger partial charge is 0.164 e. The predicted octanol–water partition coefficient (Wildman–Crippen LogP) is 3.74. The maximum absolute atomic E-state index is 4.55. The Hall–Kier alpha value is -3.47. The van der Waals surface area contributed by atoms with Crippen molar-refractivity contribution in [2.24, 2.45) is 0 Å². The molecular formula is C19H13N5. The van der Waals surface area contributed by atoms with Gasteiger partial charge in [0.1, 0.15) is 11.4 Å². The summed E-state index contributed by atoms with van der Waals surface area (Å²) in [6.07, 6.45) is 5.77. The van der Waals surface area contributed by atoms with Crippen molar-refractivity contribution < 1.29 is 0 Å². The van der Waals surface area contributed by atoms with E-state index in [9.17, 15) is 0 Å². The van der Waals surface area contributed by atoms with E-state index < -0.39 is 0 Å². The van der Waals surface area contributed by atoms with Crippen molar-refractivity contribution in [3.05, 3.63) is 79.3 Å². The molecule has 2 aromatic carbocycles. The first-order valence-electron chi connectivity index (χ1n) is 7.74. The van der Waals surface area contributed by atoms with E-state index in [1.807, 2.05) is 65.6 Å². The fourth-order valence-corrected chi connectivity index (χ4v) is 3.09. The lowest BCUT2D eigenvalue weighted by molar-refractivity contribution is 0.810. The Kier molecular flexibility index (Phi) is 2.72. The first-order valence-corrected chi connectivity index (χ1v) is 7.74. The molecule has 0 saturated carbocycles. The number of aromatic nitrogens is 5. The minimum atomic E-state index is 0.843. The fourth-order valence-electron chi connectivity index (χ4n) is 3.09. The van der Waals surface area contributed by atoms with Crippen LogP contribution in [0.2, 0.25) is 0 Å². The van der Waals surface area contributed by atoms with Gasteiger partial charge in [0, 0.05) is 23.3 Å². The van der Waals surface area contributed by atoms with E-state index in [2.05, 4.69) is 31.8 Å². The minimum absolute atomic E-state index is 0.843. The average molecular weight is 311 g/mol. The lowest BCUT2D eigenvalue weighted by Gasteiger charge is -1.98. The van der Waals surface area contributed by atoms with E-state index in [-0.39, 0.29) is 0 Å². The first-order chi connectivity index (χ1) is 11.9. The van der Waals surface area contributed by atoms with Crippen LogP contribution >= 0.6 is 0 Å². The van der Waals surface area contributed by atoms with Crippen LogP contribution in [0.5, 0.6) is 0 Å². The summed E-state index contributed by atoms with van der Waals surface area (Å²) in [7, 11) is 0. The maximum atomic E-state index is 4.55. The van der Waals surface area contributed by atoms with Gasteiger partial charge in [-0.05, 0) is 12.1 Å². The summed E-state index contributed by atoms with van der Waals surface area (Å²) in [6, 6.07) is 20.2. The molecule has 0 bridgehead atoms. The molecule has 0 spiro atoms. The summed E-state index contributed by atoms with van der Waals surface area (Å²) in [5.41, 5.74) is 4.80. The number of benzene rings is 2. The molecule has 114 valence electrons. The molecular weight excluding hydrogens is 298 g/mol. The number of hydrogen-bond acceptors (Lipinski definition) is 3. The number of para-hydroxylation sites is 1. The molecule has 5 nitrogen and oxygen atoms in total. The van der Waals surface area contributed by atoms with Crippen LogP contribution in [0.4, 0.5) is 0 Å². The standard InChI is InChI=1S/C19H13N5/c1-2-7-14(8-3-1)16-13-24(22-21-16)18-15-9-4-5-10-17(15)23-12-6-11-20-19(18)23/h1-13H. The molecule has 0 aliphatic carbocycles. The van der Waals surface area contributed by atoms with E-state index in [0.717, 1.165) is 33.5 Å². The number of nitrogens with zero attached hydrogens (tertiary/aromatic N) is 5. The molecule has 0 aliphatic heterocycles. The van der Waals surface area contributed by atoms with Crippen LogP contribution in [0, 0.1) is 0 Å². The van der Waals surface area contributed by atoms with Crippen LogP contribution < -0.4 is 0 Å². The molecule has 5 heteroatoms. The average Bonchev–Trinajstić information content (AvgIpc) is 3.25. The predicted molar refractivity (Wildman–Crippen MR) is 93.1 cm³/mol. The van der Waals surface area contributed by atoms with Crippen LogP contribution in [-0.2, 0) is 0 Å². The van der Waals surface area contributed by atoms with E-state index in [1.165, 1.54) is 0 Å². The van der Waals surface area contributed by atoms with Gasteiger partial charge >= 0.3 is 0 Å². The van der Waals surface area contributed by atoms with Gasteiger partial charge in [-0.3, -0.25) is 4.40 Å². The highest BCUT2D eigenvalue weighted by Crippen LogP contribution is 2.29. The molecule has 0 amide bonds. The Morgan fingerprint density at radius 3 is 2.58 bits per heavy atom. The highest BCUT2D eigenvalue weighted by Gasteiger charge is 2.15. The highest BCUT2D eigenvalue weighted by atomic mass is 15.4. The summed E-state index contributed by atoms with van der Waals surface area (Å²) in [4.78, 5) is 4.55. The van der Waals surface area contributed by atoms with Crippen molar-refractivity contribution >= 4 is 16.6 Å². The molecule has 0 fully saturated rings. The van der Waals surface area contributed by atoms with Gasteiger partial charge in [-0.1, -0.05) is 53.7 Å². The lowest BCUT2D eigenvalue weighted by atomic mass is 10.2. The normalized spacial score (nSPS) is 11.3. The van der Waals surface area contributed by atoms with Crippen LogP contribution in [0.15, 0.2) is 79.3 Å². The van der Waals surface area contributed by atoms with E-state index >= 15 is 0 Å². The zero-order chi connectivity index (χ0) is 15.9. The monoisotopic (exact) mass is 311 g/mol. The van der Waals surface area contributed by atoms with Crippen molar-refractivity contribution in [1.82, 2.24) is 24.4 Å². The zero-order valence-corrected chi connectivity index (χ0v) is 12.7. The van der Waals surface area contributed by atoms with Crippen LogP contribution in [0.25, 0.3) is 33.5 Å². The summed E-state index contributed by atoms with van der Waals surface area (Å²) in [5, 5.41) is 9.78. The third-order valence-electron chi connectivity index (χ3n) is 4.17. The van der Waals surface area contributed by atoms with Gasteiger partial charge in [0.05, 0.1) is 11.7 Å². The van der Waals surface area contributed by atoms with Crippen LogP contribution in [0.1, 0.15) is 0 Å². The van der Waals surface area contributed by atoms with Gasteiger partial charge in [-0.25, -0.2) is 9.67 Å². The molecule has 5 aromatic rings. The number of fused-ring (bicyclic) bond motifs is 3. The van der Waals surface area contributed by atoms with Gasteiger partial charge in [0.25, 0.3) is 0 Å². The minimum Gasteiger partial charge on any atom is -0.299 e. The Labute approximate surface area is 137 Å². The summed E-state index contributed by atoms with van der Waals surface area (Å²) < 4.78 is 3.89. The van der Waals surface area contributed by atoms with Gasteiger partial charge in [0.2, 0.25) is 0 Å². The van der Waals surface area contributed by atoms with Crippen LogP contribution in [-0.4, -0.2) is 24.4 Å². The second-order valence-corrected chi connectivity index (χ2v) is 5.59. The third-order valence-corrected chi connectivity index (χ3v) is 4.17. The summed E-state index contributed by atoms with van der Waals surface area (Å²) in [6.45, 7) is 0. The largest absolute Gasteiger partial charge is 0.299 e. The summed E-state index contributed by atoms with van der Waals surface area (Å²) in [5.74, 6) is 0. The molecule has 0 saturated heterocycles. The molecule has 0 aliphatic rings. The zero-order valence-electron chi connectivity index (χ0n) is 12.7. The second-order valence-electron chi connectivity index (χ2n) is 5.59. The Morgan fingerprint density at radius 2 is 1.67 bits per heavy atom.